The van der Waals surface area contributed by atoms with E-state index in [1.165, 1.54) is 0 Å². The summed E-state index contributed by atoms with van der Waals surface area (Å²) in [5.41, 5.74) is 1.23. The summed E-state index contributed by atoms with van der Waals surface area (Å²) in [6.07, 6.45) is -0.668. The lowest BCUT2D eigenvalue weighted by Crippen LogP contribution is -2.09. The Labute approximate surface area is 161 Å². The summed E-state index contributed by atoms with van der Waals surface area (Å²) >= 11 is 0. The minimum Gasteiger partial charge on any atom is -0.497 e. The van der Waals surface area contributed by atoms with E-state index in [1.807, 2.05) is 54.6 Å². The molecule has 4 rings (SSSR count). The van der Waals surface area contributed by atoms with Gasteiger partial charge in [0.15, 0.2) is 6.10 Å². The van der Waals surface area contributed by atoms with Gasteiger partial charge in [-0.15, -0.1) is 10.2 Å². The van der Waals surface area contributed by atoms with Gasteiger partial charge in [-0.2, -0.15) is 0 Å². The highest BCUT2D eigenvalue weighted by atomic mass is 16.6. The number of hydrogen-bond donors (Lipinski definition) is 0. The molecule has 0 saturated heterocycles. The highest BCUT2D eigenvalue weighted by molar-refractivity contribution is 5.95. The van der Waals surface area contributed by atoms with Gasteiger partial charge in [-0.05, 0) is 54.1 Å². The molecule has 140 valence electrons. The average molecular weight is 374 g/mol. The molecule has 6 heteroatoms. The van der Waals surface area contributed by atoms with E-state index in [4.69, 9.17) is 13.9 Å². The highest BCUT2D eigenvalue weighted by Crippen LogP contribution is 2.25. The fourth-order valence-electron chi connectivity index (χ4n) is 2.84. The second-order valence-corrected chi connectivity index (χ2v) is 6.28. The number of aromatic nitrogens is 2. The largest absolute Gasteiger partial charge is 0.497 e. The zero-order valence-corrected chi connectivity index (χ0v) is 15.5. The normalized spacial score (nSPS) is 11.9. The molecule has 0 bridgehead atoms. The number of benzene rings is 3. The van der Waals surface area contributed by atoms with E-state index in [9.17, 15) is 4.79 Å². The second kappa shape index (κ2) is 7.52. The van der Waals surface area contributed by atoms with E-state index in [1.54, 1.807) is 26.2 Å². The van der Waals surface area contributed by atoms with Gasteiger partial charge in [0.2, 0.25) is 5.89 Å². The van der Waals surface area contributed by atoms with Gasteiger partial charge in [0.1, 0.15) is 5.75 Å². The van der Waals surface area contributed by atoms with Crippen LogP contribution in [-0.4, -0.2) is 23.3 Å². The molecule has 6 nitrogen and oxygen atoms in total. The Kier molecular flexibility index (Phi) is 4.76. The first-order valence-corrected chi connectivity index (χ1v) is 8.81. The third-order valence-electron chi connectivity index (χ3n) is 4.39. The summed E-state index contributed by atoms with van der Waals surface area (Å²) in [6.45, 7) is 1.70. The van der Waals surface area contributed by atoms with Crippen LogP contribution in [0, 0.1) is 0 Å². The number of rotatable bonds is 5. The zero-order chi connectivity index (χ0) is 19.5. The van der Waals surface area contributed by atoms with E-state index >= 15 is 0 Å². The molecule has 0 unspecified atom stereocenters. The Balaban J connectivity index is 1.48. The number of carbonyl (C=O) groups excluding carboxylic acids is 1. The third kappa shape index (κ3) is 3.57. The summed E-state index contributed by atoms with van der Waals surface area (Å²) < 4.78 is 16.3. The molecule has 0 fully saturated rings. The van der Waals surface area contributed by atoms with Crippen molar-refractivity contribution in [3.05, 3.63) is 78.2 Å². The van der Waals surface area contributed by atoms with Crippen molar-refractivity contribution >= 4 is 16.7 Å². The van der Waals surface area contributed by atoms with Crippen molar-refractivity contribution in [1.82, 2.24) is 10.2 Å². The van der Waals surface area contributed by atoms with Crippen molar-refractivity contribution in [1.29, 1.82) is 0 Å². The van der Waals surface area contributed by atoms with Gasteiger partial charge >= 0.3 is 5.97 Å². The quantitative estimate of drug-likeness (QED) is 0.466. The second-order valence-electron chi connectivity index (χ2n) is 6.28. The van der Waals surface area contributed by atoms with Gasteiger partial charge in [0, 0.05) is 5.56 Å². The maximum Gasteiger partial charge on any atom is 0.338 e. The maximum absolute atomic E-state index is 12.5. The molecule has 3 aromatic carbocycles. The van der Waals surface area contributed by atoms with Crippen LogP contribution in [-0.2, 0) is 4.74 Å². The lowest BCUT2D eigenvalue weighted by Gasteiger charge is -2.10. The topological polar surface area (TPSA) is 74.5 Å². The summed E-state index contributed by atoms with van der Waals surface area (Å²) in [5, 5.41) is 10.1. The van der Waals surface area contributed by atoms with Crippen molar-refractivity contribution in [3.63, 3.8) is 0 Å². The fourth-order valence-corrected chi connectivity index (χ4v) is 2.84. The molecule has 1 heterocycles. The number of nitrogens with zero attached hydrogens (tertiary/aromatic N) is 2. The summed E-state index contributed by atoms with van der Waals surface area (Å²) in [7, 11) is 1.60. The molecule has 0 N–H and O–H groups in total. The van der Waals surface area contributed by atoms with Crippen molar-refractivity contribution in [2.45, 2.75) is 13.0 Å². The Morgan fingerprint density at radius 2 is 1.71 bits per heavy atom. The first-order valence-electron chi connectivity index (χ1n) is 8.81. The van der Waals surface area contributed by atoms with E-state index in [0.29, 0.717) is 11.5 Å². The molecule has 28 heavy (non-hydrogen) atoms. The lowest BCUT2D eigenvalue weighted by molar-refractivity contribution is 0.0280. The predicted octanol–water partition coefficient (Wildman–Crippen LogP) is 4.82. The van der Waals surface area contributed by atoms with Crippen LogP contribution in [0.3, 0.4) is 0 Å². The summed E-state index contributed by atoms with van der Waals surface area (Å²) in [6, 6.07) is 20.5. The number of esters is 1. The molecule has 1 atom stereocenters. The molecule has 1 aromatic heterocycles. The van der Waals surface area contributed by atoms with E-state index in [-0.39, 0.29) is 5.89 Å². The van der Waals surface area contributed by atoms with E-state index in [0.717, 1.165) is 22.1 Å². The van der Waals surface area contributed by atoms with Crippen LogP contribution in [0.25, 0.3) is 22.2 Å². The van der Waals surface area contributed by atoms with Crippen LogP contribution >= 0.6 is 0 Å². The number of hydrogen-bond acceptors (Lipinski definition) is 6. The number of methoxy groups -OCH3 is 1. The molecular weight excluding hydrogens is 356 g/mol. The molecule has 4 aromatic rings. The van der Waals surface area contributed by atoms with Gasteiger partial charge < -0.3 is 13.9 Å². The standard InChI is InChI=1S/C22H18N2O4/c1-14(20-23-24-21(28-20)16-9-11-19(26-2)12-10-16)27-22(25)18-8-7-15-5-3-4-6-17(15)13-18/h3-14H,1-2H3/t14-/m0/s1. The Bertz CT molecular complexity index is 1120. The van der Waals surface area contributed by atoms with Crippen LogP contribution in [0.2, 0.25) is 0 Å². The minimum atomic E-state index is -0.668. The summed E-state index contributed by atoms with van der Waals surface area (Å²) in [4.78, 5) is 12.5. The van der Waals surface area contributed by atoms with Gasteiger partial charge in [0.25, 0.3) is 5.89 Å². The van der Waals surface area contributed by atoms with Crippen LogP contribution in [0.4, 0.5) is 0 Å². The molecule has 0 radical (unpaired) electrons. The van der Waals surface area contributed by atoms with Crippen molar-refractivity contribution < 1.29 is 18.7 Å². The minimum absolute atomic E-state index is 0.236. The Morgan fingerprint density at radius 3 is 2.46 bits per heavy atom. The number of fused-ring (bicyclic) bond motifs is 1. The Hall–Kier alpha value is -3.67. The van der Waals surface area contributed by atoms with E-state index < -0.39 is 12.1 Å². The number of carbonyl (C=O) groups is 1. The molecule has 0 aliphatic rings. The first-order chi connectivity index (χ1) is 13.6. The van der Waals surface area contributed by atoms with Crippen LogP contribution in [0.1, 0.15) is 29.3 Å². The third-order valence-corrected chi connectivity index (χ3v) is 4.39. The van der Waals surface area contributed by atoms with Gasteiger partial charge in [-0.25, -0.2) is 4.79 Å². The van der Waals surface area contributed by atoms with Gasteiger partial charge in [-0.1, -0.05) is 30.3 Å². The van der Waals surface area contributed by atoms with Crippen LogP contribution in [0.5, 0.6) is 5.75 Å². The molecule has 0 aliphatic carbocycles. The van der Waals surface area contributed by atoms with E-state index in [2.05, 4.69) is 10.2 Å². The van der Waals surface area contributed by atoms with Crippen molar-refractivity contribution in [3.8, 4) is 17.2 Å². The SMILES string of the molecule is COc1ccc(-c2nnc([C@H](C)OC(=O)c3ccc4ccccc4c3)o2)cc1. The first kappa shape index (κ1) is 17.7. The lowest BCUT2D eigenvalue weighted by atomic mass is 10.1. The molecular formula is C22H18N2O4. The Morgan fingerprint density at radius 1 is 0.964 bits per heavy atom. The van der Waals surface area contributed by atoms with Crippen LogP contribution in [0.15, 0.2) is 71.1 Å². The molecule has 0 amide bonds. The van der Waals surface area contributed by atoms with Crippen molar-refractivity contribution in [2.24, 2.45) is 0 Å². The fraction of sp³-hybridized carbons (Fsp3) is 0.136. The van der Waals surface area contributed by atoms with Gasteiger partial charge in [0.05, 0.1) is 12.7 Å². The van der Waals surface area contributed by atoms with Crippen LogP contribution < -0.4 is 4.74 Å². The predicted molar refractivity (Wildman–Crippen MR) is 104 cm³/mol. The maximum atomic E-state index is 12.5. The molecule has 0 aliphatic heterocycles. The number of ether oxygens (including phenoxy) is 2. The average Bonchev–Trinajstić information content (AvgIpc) is 3.24. The smallest absolute Gasteiger partial charge is 0.338 e. The van der Waals surface area contributed by atoms with Gasteiger partial charge in [-0.3, -0.25) is 0 Å². The monoisotopic (exact) mass is 374 g/mol. The zero-order valence-electron chi connectivity index (χ0n) is 15.5. The molecule has 0 spiro atoms. The highest BCUT2D eigenvalue weighted by Gasteiger charge is 2.20. The van der Waals surface area contributed by atoms with Crippen molar-refractivity contribution in [2.75, 3.05) is 7.11 Å². The summed E-state index contributed by atoms with van der Waals surface area (Å²) in [5.74, 6) is 0.884. The molecule has 0 saturated carbocycles.